The maximum atomic E-state index is 11.9. The number of rotatable bonds is 7. The van der Waals surface area contributed by atoms with Gasteiger partial charge in [0.2, 0.25) is 0 Å². The number of hydrogen-bond donors (Lipinski definition) is 3. The third-order valence-electron chi connectivity index (χ3n) is 2.80. The lowest BCUT2D eigenvalue weighted by molar-refractivity contribution is -0.138. The van der Waals surface area contributed by atoms with Crippen LogP contribution in [0.5, 0.6) is 0 Å². The van der Waals surface area contributed by atoms with E-state index in [9.17, 15) is 9.59 Å². The Balaban J connectivity index is 2.25. The number of allylic oxidation sites excluding steroid dienone is 6. The second kappa shape index (κ2) is 8.87. The van der Waals surface area contributed by atoms with Gasteiger partial charge in [0.15, 0.2) is 0 Å². The summed E-state index contributed by atoms with van der Waals surface area (Å²) < 4.78 is 0. The van der Waals surface area contributed by atoms with Crippen LogP contribution in [0.25, 0.3) is 0 Å². The zero-order valence-electron chi connectivity index (χ0n) is 11.3. The minimum Gasteiger partial charge on any atom is -0.480 e. The molecule has 0 unspecified atom stereocenters. The zero-order chi connectivity index (χ0) is 14.8. The standard InChI is InChI=1S/C15H20N2O3/c16-13(15(19)20)10-6-7-11-17-14(18)12-8-4-2-1-3-5-9-12/h1-5,8-9,13H,6-7,10-11,16H2,(H,17,18)(H,19,20)/t13-/m0/s1. The first-order chi connectivity index (χ1) is 9.61. The average molecular weight is 276 g/mol. The highest BCUT2D eigenvalue weighted by atomic mass is 16.4. The molecule has 1 atom stereocenters. The lowest BCUT2D eigenvalue weighted by Gasteiger charge is -2.07. The number of unbranched alkanes of at least 4 members (excludes halogenated alkanes) is 1. The molecule has 5 heteroatoms. The SMILES string of the molecule is N[C@@H](CCCCNC(=O)C1=CC=CC=CC=C1)C(=O)O. The number of carboxylic acids is 1. The van der Waals surface area contributed by atoms with Crippen LogP contribution in [0.15, 0.2) is 48.1 Å². The van der Waals surface area contributed by atoms with E-state index in [2.05, 4.69) is 5.32 Å². The number of carboxylic acid groups (broad SMARTS) is 1. The van der Waals surface area contributed by atoms with Gasteiger partial charge in [0.1, 0.15) is 6.04 Å². The summed E-state index contributed by atoms with van der Waals surface area (Å²) in [5, 5.41) is 11.4. The summed E-state index contributed by atoms with van der Waals surface area (Å²) in [7, 11) is 0. The molecule has 1 rings (SSSR count). The Morgan fingerprint density at radius 1 is 1.15 bits per heavy atom. The fraction of sp³-hybridized carbons (Fsp3) is 0.333. The van der Waals surface area contributed by atoms with E-state index >= 15 is 0 Å². The highest BCUT2D eigenvalue weighted by molar-refractivity contribution is 5.96. The molecule has 0 aromatic rings. The monoisotopic (exact) mass is 276 g/mol. The summed E-state index contributed by atoms with van der Waals surface area (Å²) in [6.07, 6.45) is 14.5. The number of hydrogen-bond acceptors (Lipinski definition) is 3. The molecule has 0 bridgehead atoms. The normalized spacial score (nSPS) is 15.2. The first kappa shape index (κ1) is 15.9. The number of nitrogens with two attached hydrogens (primary N) is 1. The van der Waals surface area contributed by atoms with Crippen LogP contribution in [0, 0.1) is 0 Å². The lowest BCUT2D eigenvalue weighted by atomic mass is 10.1. The molecule has 0 heterocycles. The molecular formula is C15H20N2O3. The van der Waals surface area contributed by atoms with Crippen molar-refractivity contribution in [3.63, 3.8) is 0 Å². The Labute approximate surface area is 118 Å². The molecule has 5 nitrogen and oxygen atoms in total. The predicted octanol–water partition coefficient (Wildman–Crippen LogP) is 1.29. The fourth-order valence-corrected chi connectivity index (χ4v) is 1.63. The van der Waals surface area contributed by atoms with Gasteiger partial charge in [0, 0.05) is 12.1 Å². The van der Waals surface area contributed by atoms with Crippen LogP contribution in [-0.4, -0.2) is 29.6 Å². The van der Waals surface area contributed by atoms with Crippen molar-refractivity contribution in [3.8, 4) is 0 Å². The quantitative estimate of drug-likeness (QED) is 0.611. The van der Waals surface area contributed by atoms with Gasteiger partial charge < -0.3 is 16.2 Å². The molecule has 0 spiro atoms. The van der Waals surface area contributed by atoms with E-state index in [0.29, 0.717) is 31.4 Å². The van der Waals surface area contributed by atoms with Gasteiger partial charge in [-0.25, -0.2) is 0 Å². The van der Waals surface area contributed by atoms with E-state index < -0.39 is 12.0 Å². The van der Waals surface area contributed by atoms with Crippen molar-refractivity contribution in [1.82, 2.24) is 5.32 Å². The molecule has 0 saturated heterocycles. The van der Waals surface area contributed by atoms with Crippen molar-refractivity contribution >= 4 is 11.9 Å². The highest BCUT2D eigenvalue weighted by Crippen LogP contribution is 2.03. The minimum absolute atomic E-state index is 0.135. The molecule has 0 radical (unpaired) electrons. The topological polar surface area (TPSA) is 92.4 Å². The summed E-state index contributed by atoms with van der Waals surface area (Å²) in [6.45, 7) is 0.510. The molecule has 1 aliphatic rings. The van der Waals surface area contributed by atoms with E-state index in [-0.39, 0.29) is 5.91 Å². The molecular weight excluding hydrogens is 256 g/mol. The van der Waals surface area contributed by atoms with Gasteiger partial charge in [-0.15, -0.1) is 0 Å². The second-order valence-electron chi connectivity index (χ2n) is 4.45. The Kier molecular flexibility index (Phi) is 7.06. The third-order valence-corrected chi connectivity index (χ3v) is 2.80. The number of amides is 1. The Bertz CT molecular complexity index is 462. The molecule has 0 aromatic heterocycles. The highest BCUT2D eigenvalue weighted by Gasteiger charge is 2.10. The maximum absolute atomic E-state index is 11.9. The molecule has 0 aromatic carbocycles. The van der Waals surface area contributed by atoms with Crippen LogP contribution < -0.4 is 11.1 Å². The van der Waals surface area contributed by atoms with Crippen molar-refractivity contribution in [3.05, 3.63) is 48.1 Å². The molecule has 4 N–H and O–H groups in total. The Morgan fingerprint density at radius 3 is 2.60 bits per heavy atom. The zero-order valence-corrected chi connectivity index (χ0v) is 11.3. The van der Waals surface area contributed by atoms with Crippen molar-refractivity contribution in [2.45, 2.75) is 25.3 Å². The number of carbonyl (C=O) groups is 2. The van der Waals surface area contributed by atoms with Crippen molar-refractivity contribution < 1.29 is 14.7 Å². The lowest BCUT2D eigenvalue weighted by Crippen LogP contribution is -2.30. The predicted molar refractivity (Wildman–Crippen MR) is 78.0 cm³/mol. The van der Waals surface area contributed by atoms with Crippen LogP contribution >= 0.6 is 0 Å². The average Bonchev–Trinajstić information content (AvgIpc) is 2.37. The number of carbonyl (C=O) groups excluding carboxylic acids is 1. The smallest absolute Gasteiger partial charge is 0.320 e. The first-order valence-electron chi connectivity index (χ1n) is 6.59. The minimum atomic E-state index is -0.987. The van der Waals surface area contributed by atoms with Crippen LogP contribution in [0.3, 0.4) is 0 Å². The molecule has 0 saturated carbocycles. The van der Waals surface area contributed by atoms with Gasteiger partial charge in [0.25, 0.3) is 5.91 Å². The molecule has 0 aliphatic heterocycles. The van der Waals surface area contributed by atoms with E-state index in [1.807, 2.05) is 18.2 Å². The van der Waals surface area contributed by atoms with Crippen molar-refractivity contribution in [1.29, 1.82) is 0 Å². The van der Waals surface area contributed by atoms with Gasteiger partial charge in [-0.2, -0.15) is 0 Å². The van der Waals surface area contributed by atoms with Crippen molar-refractivity contribution in [2.24, 2.45) is 5.73 Å². The van der Waals surface area contributed by atoms with Gasteiger partial charge in [0.05, 0.1) is 0 Å². The molecule has 1 aliphatic carbocycles. The number of aliphatic carboxylic acids is 1. The Hall–Kier alpha value is -2.14. The van der Waals surface area contributed by atoms with Crippen LogP contribution in [-0.2, 0) is 9.59 Å². The van der Waals surface area contributed by atoms with E-state index in [0.717, 1.165) is 0 Å². The van der Waals surface area contributed by atoms with E-state index in [1.54, 1.807) is 24.3 Å². The number of nitrogens with one attached hydrogen (secondary N) is 1. The third kappa shape index (κ3) is 6.15. The molecule has 108 valence electrons. The summed E-state index contributed by atoms with van der Waals surface area (Å²) in [6, 6.07) is -0.820. The van der Waals surface area contributed by atoms with Crippen LogP contribution in [0.1, 0.15) is 19.3 Å². The van der Waals surface area contributed by atoms with Gasteiger partial charge in [-0.05, 0) is 31.4 Å². The van der Waals surface area contributed by atoms with Crippen LogP contribution in [0.2, 0.25) is 0 Å². The maximum Gasteiger partial charge on any atom is 0.320 e. The summed E-state index contributed by atoms with van der Waals surface area (Å²) in [4.78, 5) is 22.4. The largest absolute Gasteiger partial charge is 0.480 e. The van der Waals surface area contributed by atoms with E-state index in [4.69, 9.17) is 10.8 Å². The fourth-order valence-electron chi connectivity index (χ4n) is 1.63. The van der Waals surface area contributed by atoms with Gasteiger partial charge in [-0.1, -0.05) is 30.4 Å². The molecule has 20 heavy (non-hydrogen) atoms. The second-order valence-corrected chi connectivity index (χ2v) is 4.45. The Morgan fingerprint density at radius 2 is 1.85 bits per heavy atom. The van der Waals surface area contributed by atoms with Crippen molar-refractivity contribution in [2.75, 3.05) is 6.54 Å². The molecule has 0 fully saturated rings. The summed E-state index contributed by atoms with van der Waals surface area (Å²) in [5.74, 6) is -1.12. The van der Waals surface area contributed by atoms with Crippen LogP contribution in [0.4, 0.5) is 0 Å². The van der Waals surface area contributed by atoms with E-state index in [1.165, 1.54) is 0 Å². The molecule has 1 amide bonds. The summed E-state index contributed by atoms with van der Waals surface area (Å²) >= 11 is 0. The van der Waals surface area contributed by atoms with Gasteiger partial charge >= 0.3 is 5.97 Å². The first-order valence-corrected chi connectivity index (χ1v) is 6.59. The summed E-state index contributed by atoms with van der Waals surface area (Å²) in [5.41, 5.74) is 5.98. The van der Waals surface area contributed by atoms with Gasteiger partial charge in [-0.3, -0.25) is 9.59 Å².